The van der Waals surface area contributed by atoms with Crippen LogP contribution in [0.15, 0.2) is 10.8 Å². The van der Waals surface area contributed by atoms with Crippen molar-refractivity contribution in [3.63, 3.8) is 0 Å². The Morgan fingerprint density at radius 1 is 1.41 bits per heavy atom. The molecular weight excluding hydrogens is 292 g/mol. The third-order valence-electron chi connectivity index (χ3n) is 1.84. The molecule has 1 rings (SSSR count). The highest BCUT2D eigenvalue weighted by Crippen LogP contribution is 2.54. The molecule has 0 bridgehead atoms. The van der Waals surface area contributed by atoms with E-state index in [9.17, 15) is 14.2 Å². The van der Waals surface area contributed by atoms with Gasteiger partial charge < -0.3 is 4.52 Å². The molecule has 1 fully saturated rings. The van der Waals surface area contributed by atoms with E-state index in [0.717, 1.165) is 6.26 Å². The molecule has 6 nitrogen and oxygen atoms in total. The van der Waals surface area contributed by atoms with E-state index in [4.69, 9.17) is 32.2 Å². The van der Waals surface area contributed by atoms with Crippen LogP contribution in [0, 0.1) is 0 Å². The second-order valence-electron chi connectivity index (χ2n) is 3.00. The molecule has 96 valence electrons. The van der Waals surface area contributed by atoms with Crippen LogP contribution >= 0.6 is 30.9 Å². The highest BCUT2D eigenvalue weighted by molar-refractivity contribution is 7.53. The van der Waals surface area contributed by atoms with Gasteiger partial charge in [-0.05, 0) is 6.92 Å². The smallest absolute Gasteiger partial charge is 0.414 e. The van der Waals surface area contributed by atoms with Crippen molar-refractivity contribution in [1.29, 1.82) is 0 Å². The van der Waals surface area contributed by atoms with E-state index in [-0.39, 0.29) is 23.9 Å². The van der Waals surface area contributed by atoms with Crippen molar-refractivity contribution in [3.05, 3.63) is 10.8 Å². The van der Waals surface area contributed by atoms with E-state index in [1.807, 2.05) is 0 Å². The molecule has 9 heteroatoms. The lowest BCUT2D eigenvalue weighted by molar-refractivity contribution is -0.133. The highest BCUT2D eigenvalue weighted by Gasteiger charge is 2.46. The minimum absolute atomic E-state index is 0.00207. The Kier molecular flexibility index (Phi) is 5.01. The van der Waals surface area contributed by atoms with Crippen LogP contribution in [0.3, 0.4) is 0 Å². The third kappa shape index (κ3) is 3.45. The SMILES string of the molecule is CCOP(=O)(OC=C(Cl)Cl)N1C(=O)CCC1=O. The number of amides is 2. The molecule has 1 atom stereocenters. The predicted octanol–water partition coefficient (Wildman–Crippen LogP) is 2.57. The molecule has 0 radical (unpaired) electrons. The Bertz CT molecular complexity index is 391. The van der Waals surface area contributed by atoms with Crippen LogP contribution < -0.4 is 0 Å². The number of rotatable bonds is 5. The monoisotopic (exact) mass is 301 g/mol. The fourth-order valence-electron chi connectivity index (χ4n) is 1.24. The summed E-state index contributed by atoms with van der Waals surface area (Å²) < 4.78 is 22.0. The molecule has 1 aliphatic rings. The summed E-state index contributed by atoms with van der Waals surface area (Å²) in [5.41, 5.74) is 0. The lowest BCUT2D eigenvalue weighted by Gasteiger charge is -2.23. The van der Waals surface area contributed by atoms with Crippen molar-refractivity contribution < 1.29 is 23.2 Å². The van der Waals surface area contributed by atoms with Crippen molar-refractivity contribution in [1.82, 2.24) is 4.67 Å². The van der Waals surface area contributed by atoms with Crippen molar-refractivity contribution in [2.75, 3.05) is 6.61 Å². The molecule has 2 amide bonds. The maximum Gasteiger partial charge on any atom is 0.497 e. The molecule has 1 aliphatic heterocycles. The normalized spacial score (nSPS) is 19.1. The molecule has 0 aromatic carbocycles. The first kappa shape index (κ1) is 14.5. The van der Waals surface area contributed by atoms with Gasteiger partial charge in [0.2, 0.25) is 11.8 Å². The van der Waals surface area contributed by atoms with Gasteiger partial charge in [-0.2, -0.15) is 4.67 Å². The second kappa shape index (κ2) is 5.87. The van der Waals surface area contributed by atoms with E-state index >= 15 is 0 Å². The summed E-state index contributed by atoms with van der Waals surface area (Å²) in [7, 11) is -4.04. The molecular formula is C8H10Cl2NO5P. The van der Waals surface area contributed by atoms with Gasteiger partial charge in [0.25, 0.3) is 0 Å². The molecule has 0 aromatic rings. The summed E-state index contributed by atoms with van der Waals surface area (Å²) in [5.74, 6) is -1.21. The van der Waals surface area contributed by atoms with Gasteiger partial charge in [-0.15, -0.1) is 0 Å². The largest absolute Gasteiger partial charge is 0.497 e. The zero-order valence-corrected chi connectivity index (χ0v) is 11.3. The van der Waals surface area contributed by atoms with Gasteiger partial charge >= 0.3 is 7.75 Å². The summed E-state index contributed by atoms with van der Waals surface area (Å²) in [6.45, 7) is 1.55. The first-order chi connectivity index (χ1) is 7.90. The summed E-state index contributed by atoms with van der Waals surface area (Å²) in [6.07, 6.45) is 0.730. The fraction of sp³-hybridized carbons (Fsp3) is 0.500. The zero-order chi connectivity index (χ0) is 13.1. The molecule has 0 aliphatic carbocycles. The van der Waals surface area contributed by atoms with Crippen molar-refractivity contribution in [2.45, 2.75) is 19.8 Å². The molecule has 0 spiro atoms. The molecule has 1 saturated heterocycles. The van der Waals surface area contributed by atoms with Crippen LogP contribution in [0.2, 0.25) is 0 Å². The number of hydrogen-bond donors (Lipinski definition) is 0. The maximum atomic E-state index is 12.2. The van der Waals surface area contributed by atoms with Gasteiger partial charge in [0.05, 0.1) is 6.61 Å². The molecule has 0 aromatic heterocycles. The number of hydrogen-bond acceptors (Lipinski definition) is 5. The number of imide groups is 1. The Morgan fingerprint density at radius 2 is 1.94 bits per heavy atom. The van der Waals surface area contributed by atoms with Gasteiger partial charge in [0.15, 0.2) is 0 Å². The Hall–Kier alpha value is -0.550. The second-order valence-corrected chi connectivity index (χ2v) is 5.81. The van der Waals surface area contributed by atoms with Gasteiger partial charge in [0.1, 0.15) is 10.8 Å². The standard InChI is InChI=1S/C8H10Cl2NO5P/c1-2-15-17(14,16-5-6(9)10)11-7(12)3-4-8(11)13/h5H,2-4H2,1H3. The van der Waals surface area contributed by atoms with Crippen LogP contribution in [0.1, 0.15) is 19.8 Å². The van der Waals surface area contributed by atoms with Gasteiger partial charge in [-0.3, -0.25) is 14.1 Å². The first-order valence-electron chi connectivity index (χ1n) is 4.71. The zero-order valence-electron chi connectivity index (χ0n) is 8.89. The molecule has 0 N–H and O–H groups in total. The van der Waals surface area contributed by atoms with E-state index < -0.39 is 19.6 Å². The molecule has 0 saturated carbocycles. The fourth-order valence-corrected chi connectivity index (χ4v) is 3.04. The number of nitrogens with zero attached hydrogens (tertiary/aromatic N) is 1. The number of carbonyl (C=O) groups excluding carboxylic acids is 2. The molecule has 1 unspecified atom stereocenters. The highest BCUT2D eigenvalue weighted by atomic mass is 35.5. The third-order valence-corrected chi connectivity index (χ3v) is 3.91. The molecule has 1 heterocycles. The van der Waals surface area contributed by atoms with Crippen LogP contribution in [-0.4, -0.2) is 23.1 Å². The van der Waals surface area contributed by atoms with Crippen LogP contribution in [0.4, 0.5) is 0 Å². The maximum absolute atomic E-state index is 12.2. The Balaban J connectivity index is 2.98. The molecule has 17 heavy (non-hydrogen) atoms. The van der Waals surface area contributed by atoms with Crippen molar-refractivity contribution in [3.8, 4) is 0 Å². The summed E-state index contributed by atoms with van der Waals surface area (Å²) in [4.78, 5) is 22.9. The van der Waals surface area contributed by atoms with Crippen LogP contribution in [0.5, 0.6) is 0 Å². The summed E-state index contributed by atoms with van der Waals surface area (Å²) in [5, 5.41) is 0. The average Bonchev–Trinajstić information content (AvgIpc) is 2.57. The van der Waals surface area contributed by atoms with Crippen molar-refractivity contribution >= 4 is 42.8 Å². The average molecular weight is 302 g/mol. The number of carbonyl (C=O) groups is 2. The van der Waals surface area contributed by atoms with Crippen molar-refractivity contribution in [2.24, 2.45) is 0 Å². The summed E-state index contributed by atoms with van der Waals surface area (Å²) in [6, 6.07) is 0. The Morgan fingerprint density at radius 3 is 2.35 bits per heavy atom. The van der Waals surface area contributed by atoms with E-state index in [0.29, 0.717) is 4.67 Å². The van der Waals surface area contributed by atoms with Crippen LogP contribution in [0.25, 0.3) is 0 Å². The number of halogens is 2. The van der Waals surface area contributed by atoms with E-state index in [2.05, 4.69) is 0 Å². The minimum Gasteiger partial charge on any atom is -0.414 e. The van der Waals surface area contributed by atoms with E-state index in [1.54, 1.807) is 6.92 Å². The lowest BCUT2D eigenvalue weighted by atomic mass is 10.4. The van der Waals surface area contributed by atoms with Gasteiger partial charge in [-0.1, -0.05) is 23.2 Å². The summed E-state index contributed by atoms with van der Waals surface area (Å²) >= 11 is 10.6. The van der Waals surface area contributed by atoms with Crippen LogP contribution in [-0.2, 0) is 23.2 Å². The topological polar surface area (TPSA) is 72.9 Å². The Labute approximate surface area is 108 Å². The van der Waals surface area contributed by atoms with Gasteiger partial charge in [0, 0.05) is 12.8 Å². The van der Waals surface area contributed by atoms with Gasteiger partial charge in [-0.25, -0.2) is 4.57 Å². The quantitative estimate of drug-likeness (QED) is 0.443. The lowest BCUT2D eigenvalue weighted by Crippen LogP contribution is -2.27. The predicted molar refractivity (Wildman–Crippen MR) is 61.2 cm³/mol. The first-order valence-corrected chi connectivity index (χ1v) is 6.96. The minimum atomic E-state index is -4.04. The van der Waals surface area contributed by atoms with E-state index in [1.165, 1.54) is 0 Å².